The summed E-state index contributed by atoms with van der Waals surface area (Å²) >= 11 is 0. The molecule has 5 N–H and O–H groups in total. The van der Waals surface area contributed by atoms with Crippen LogP contribution in [0.4, 0.5) is 0 Å². The molecule has 0 radical (unpaired) electrons. The molecular weight excluding hydrogens is 1300 g/mol. The van der Waals surface area contributed by atoms with Crippen LogP contribution in [0.3, 0.4) is 0 Å². The number of carbonyl (C=O) groups excluding carboxylic acids is 12. The van der Waals surface area contributed by atoms with Crippen LogP contribution in [0.2, 0.25) is 0 Å². The third-order valence-corrected chi connectivity index (χ3v) is 15.1. The van der Waals surface area contributed by atoms with E-state index in [0.29, 0.717) is 0 Å². The van der Waals surface area contributed by atoms with Gasteiger partial charge in [-0.2, -0.15) is 0 Å². The van der Waals surface area contributed by atoms with E-state index in [1.807, 2.05) is 0 Å². The molecule has 101 heavy (non-hydrogen) atoms. The zero-order valence-electron chi connectivity index (χ0n) is 67.1. The summed E-state index contributed by atoms with van der Waals surface area (Å²) in [6.07, 6.45) is -8.10. The number of esters is 9. The van der Waals surface area contributed by atoms with Crippen molar-refractivity contribution in [3.8, 4) is 0 Å². The fourth-order valence-electron chi connectivity index (χ4n) is 11.5. The van der Waals surface area contributed by atoms with Crippen molar-refractivity contribution in [2.45, 2.75) is 414 Å². The first-order valence-electron chi connectivity index (χ1n) is 35.9. The third-order valence-electron chi connectivity index (χ3n) is 15.1. The fourth-order valence-corrected chi connectivity index (χ4v) is 11.5. The minimum Gasteiger partial charge on any atom is -0.460 e. The van der Waals surface area contributed by atoms with Crippen LogP contribution in [0.15, 0.2) is 0 Å². The molecule has 0 bridgehead atoms. The van der Waals surface area contributed by atoms with Gasteiger partial charge in [-0.05, 0) is 264 Å². The molecule has 0 saturated carbocycles. The van der Waals surface area contributed by atoms with E-state index in [9.17, 15) is 52.7 Å². The topological polar surface area (TPSA) is 355 Å². The summed E-state index contributed by atoms with van der Waals surface area (Å²) in [5.74, 6) is -8.51. The lowest BCUT2D eigenvalue weighted by Crippen LogP contribution is -2.64. The van der Waals surface area contributed by atoms with Gasteiger partial charge in [-0.15, -0.1) is 0 Å². The van der Waals surface area contributed by atoms with E-state index >= 15 is 4.79 Å². The van der Waals surface area contributed by atoms with Gasteiger partial charge in [-0.25, -0.2) is 0 Å². The van der Waals surface area contributed by atoms with Crippen molar-refractivity contribution in [2.24, 2.45) is 11.5 Å². The van der Waals surface area contributed by atoms with Gasteiger partial charge in [-0.1, -0.05) is 0 Å². The summed E-state index contributed by atoms with van der Waals surface area (Å²) in [6.45, 7) is 45.2. The minimum atomic E-state index is -1.89. The molecule has 25 heteroatoms. The van der Waals surface area contributed by atoms with Gasteiger partial charge in [0.2, 0.25) is 17.7 Å². The molecule has 0 aromatic heterocycles. The Morgan fingerprint density at radius 2 is 0.436 bits per heavy atom. The predicted molar refractivity (Wildman–Crippen MR) is 383 cm³/mol. The molecule has 0 aliphatic carbocycles. The maximum absolute atomic E-state index is 16.9. The number of rotatable bonds is 39. The van der Waals surface area contributed by atoms with Crippen molar-refractivity contribution in [1.82, 2.24) is 10.2 Å². The van der Waals surface area contributed by atoms with E-state index in [0.717, 1.165) is 0 Å². The second kappa shape index (κ2) is 38.4. The normalized spacial score (nSPS) is 13.7. The first kappa shape index (κ1) is 94.6. The number of nitrogens with zero attached hydrogens (tertiary/aromatic N) is 1. The van der Waals surface area contributed by atoms with Gasteiger partial charge in [0.25, 0.3) is 0 Å². The average Bonchev–Trinajstić information content (AvgIpc) is 0.751. The zero-order chi connectivity index (χ0) is 79.0. The smallest absolute Gasteiger partial charge is 0.306 e. The monoisotopic (exact) mass is 1440 g/mol. The summed E-state index contributed by atoms with van der Waals surface area (Å²) in [6, 6.07) is 0. The van der Waals surface area contributed by atoms with E-state index in [2.05, 4.69) is 5.32 Å². The maximum atomic E-state index is 16.9. The van der Waals surface area contributed by atoms with E-state index in [1.165, 1.54) is 4.90 Å². The molecule has 0 aromatic rings. The minimum absolute atomic E-state index is 0.117. The fraction of sp³-hybridized carbons (Fsp3) is 0.842. The molecule has 0 aliphatic rings. The number of nitrogens with one attached hydrogen (secondary N) is 1. The molecular formula is C76H134N4O21. The second-order valence-corrected chi connectivity index (χ2v) is 36.1. The lowest BCUT2D eigenvalue weighted by molar-refractivity contribution is -0.169. The third kappa shape index (κ3) is 45.3. The van der Waals surface area contributed by atoms with E-state index < -0.39 is 195 Å². The van der Waals surface area contributed by atoms with Gasteiger partial charge in [0.15, 0.2) is 0 Å². The van der Waals surface area contributed by atoms with Crippen molar-refractivity contribution < 1.29 is 100 Å². The van der Waals surface area contributed by atoms with Gasteiger partial charge in [0.1, 0.15) is 50.4 Å². The molecule has 1 unspecified atom stereocenters. The van der Waals surface area contributed by atoms with Gasteiger partial charge in [0.05, 0.1) is 0 Å². The van der Waals surface area contributed by atoms with Crippen LogP contribution in [0.25, 0.3) is 0 Å². The van der Waals surface area contributed by atoms with Crippen LogP contribution in [0.1, 0.15) is 341 Å². The number of ether oxygens (including phenoxy) is 9. The largest absolute Gasteiger partial charge is 0.460 e. The SMILES string of the molecule is CC(C)(C)OC(=O)CCC(CCC(=O)OC(C)(C)C)(CCC(=O)OC(C)(C)C)NC(=O)CCC(N)(CCC(N)=O)CCC(=O)N(C(CCC(=O)OC(C)(C)C)(CCC(=O)OC(C)(C)C)CCC(=O)OC(C)(C)C)C(CCC(=O)OC(C)(C)C)(CCC(=O)OC(C)(C)C)CCC(=O)OC(C)(C)C. The first-order valence-corrected chi connectivity index (χ1v) is 35.9. The molecule has 0 aromatic carbocycles. The lowest BCUT2D eigenvalue weighted by atomic mass is 9.73. The lowest BCUT2D eigenvalue weighted by Gasteiger charge is -2.56. The van der Waals surface area contributed by atoms with E-state index in [4.69, 9.17) is 54.1 Å². The standard InChI is InChI=1S/C76H134N4O21/c1-64(2,3)93-55(84)31-43-74(44-32-56(85)94-65(4,5)6,45-33-57(86)95-66(7,8)9)79-53(82)29-41-73(78,40-28-52(77)81)42-30-54(83)80(75(46-34-58(87)96-67(10,11)12,47-35-59(88)97-68(13,14)15)48-36-60(89)98-69(16,17)18)76(49-37-61(90)99-70(19,20)21,50-38-62(91)100-71(22,23)24)51-39-63(92)101-72(25,26)27/h28-51,78H2,1-27H3,(H2,77,81)(H,79,82). The molecule has 0 heterocycles. The Bertz CT molecular complexity index is 2440. The predicted octanol–water partition coefficient (Wildman–Crippen LogP) is 12.8. The van der Waals surface area contributed by atoms with Crippen LogP contribution < -0.4 is 16.8 Å². The highest BCUT2D eigenvalue weighted by Gasteiger charge is 2.53. The molecule has 3 amide bonds. The van der Waals surface area contributed by atoms with Crippen molar-refractivity contribution in [2.75, 3.05) is 0 Å². The number of nitrogens with two attached hydrogens (primary N) is 2. The summed E-state index contributed by atoms with van der Waals surface area (Å²) in [5.41, 5.74) is -2.52. The van der Waals surface area contributed by atoms with Crippen LogP contribution in [0.5, 0.6) is 0 Å². The number of hydrogen-bond acceptors (Lipinski definition) is 22. The van der Waals surface area contributed by atoms with Crippen LogP contribution >= 0.6 is 0 Å². The van der Waals surface area contributed by atoms with Gasteiger partial charge in [0, 0.05) is 99.2 Å². The van der Waals surface area contributed by atoms with Crippen molar-refractivity contribution in [3.05, 3.63) is 0 Å². The molecule has 584 valence electrons. The summed E-state index contributed by atoms with van der Waals surface area (Å²) in [5, 5.41) is 3.06. The Morgan fingerprint density at radius 1 is 0.257 bits per heavy atom. The Morgan fingerprint density at radius 3 is 0.624 bits per heavy atom. The van der Waals surface area contributed by atoms with E-state index in [-0.39, 0.29) is 103 Å². The molecule has 1 atom stereocenters. The second-order valence-electron chi connectivity index (χ2n) is 36.1. The molecule has 0 aliphatic heterocycles. The molecule has 0 saturated heterocycles. The Hall–Kier alpha value is -6.40. The highest BCUT2D eigenvalue weighted by molar-refractivity contribution is 5.82. The van der Waals surface area contributed by atoms with Crippen molar-refractivity contribution in [1.29, 1.82) is 0 Å². The average molecular weight is 1440 g/mol. The van der Waals surface area contributed by atoms with E-state index in [1.54, 1.807) is 187 Å². The molecule has 0 spiro atoms. The Labute approximate surface area is 604 Å². The highest BCUT2D eigenvalue weighted by Crippen LogP contribution is 2.46. The van der Waals surface area contributed by atoms with Crippen LogP contribution in [-0.2, 0) is 100 Å². The number of hydrogen-bond donors (Lipinski definition) is 3. The summed E-state index contributed by atoms with van der Waals surface area (Å²) < 4.78 is 52.4. The zero-order valence-corrected chi connectivity index (χ0v) is 67.1. The van der Waals surface area contributed by atoms with Gasteiger partial charge in [-0.3, -0.25) is 57.5 Å². The maximum Gasteiger partial charge on any atom is 0.306 e. The summed E-state index contributed by atoms with van der Waals surface area (Å²) in [4.78, 5) is 173. The Balaban J connectivity index is 9.47. The molecule has 25 nitrogen and oxygen atoms in total. The first-order chi connectivity index (χ1) is 45.2. The number of carbonyl (C=O) groups is 12. The number of amides is 3. The number of primary amides is 1. The van der Waals surface area contributed by atoms with Gasteiger partial charge < -0.3 is 64.3 Å². The van der Waals surface area contributed by atoms with Crippen molar-refractivity contribution >= 4 is 71.4 Å². The molecule has 0 fully saturated rings. The molecule has 0 rings (SSSR count). The summed E-state index contributed by atoms with van der Waals surface area (Å²) in [7, 11) is 0. The highest BCUT2D eigenvalue weighted by atomic mass is 16.6. The Kier molecular flexibility index (Phi) is 36.0. The van der Waals surface area contributed by atoms with Gasteiger partial charge >= 0.3 is 53.7 Å². The quantitative estimate of drug-likeness (QED) is 0.0380. The van der Waals surface area contributed by atoms with Crippen molar-refractivity contribution in [3.63, 3.8) is 0 Å². The van der Waals surface area contributed by atoms with Crippen LogP contribution in [-0.4, -0.2) is 149 Å². The van der Waals surface area contributed by atoms with Crippen LogP contribution in [0, 0.1) is 0 Å².